The Morgan fingerprint density at radius 3 is 1.89 bits per heavy atom. The van der Waals surface area contributed by atoms with Crippen LogP contribution in [0.3, 0.4) is 0 Å². The van der Waals surface area contributed by atoms with Crippen molar-refractivity contribution in [2.24, 2.45) is 0 Å². The molecule has 0 heterocycles. The Bertz CT molecular complexity index is 93.2. The number of hydrogen-bond donors (Lipinski definition) is 2. The summed E-state index contributed by atoms with van der Waals surface area (Å²) in [5.74, 6) is 1.54. The highest BCUT2D eigenvalue weighted by molar-refractivity contribution is 7.48. The fourth-order valence-corrected chi connectivity index (χ4v) is 1.29. The van der Waals surface area contributed by atoms with Crippen molar-refractivity contribution in [3.05, 3.63) is 11.4 Å². The van der Waals surface area contributed by atoms with E-state index in [4.69, 9.17) is 9.79 Å². The summed E-state index contributed by atoms with van der Waals surface area (Å²) in [6.07, 6.45) is 1.83. The zero-order valence-corrected chi connectivity index (χ0v) is 6.73. The lowest BCUT2D eigenvalue weighted by Gasteiger charge is -1.99. The fraction of sp³-hybridized carbons (Fsp3) is 0.667. The van der Waals surface area contributed by atoms with Crippen molar-refractivity contribution in [1.29, 1.82) is 0 Å². The van der Waals surface area contributed by atoms with Gasteiger partial charge in [-0.05, 0) is 18.7 Å². The first kappa shape index (κ1) is 9.09. The second-order valence-corrected chi connectivity index (χ2v) is 2.71. The minimum absolute atomic E-state index is 0.913. The maximum Gasteiger partial charge on any atom is 0.191 e. The van der Waals surface area contributed by atoms with Gasteiger partial charge < -0.3 is 9.79 Å². The van der Waals surface area contributed by atoms with E-state index in [2.05, 4.69) is 0 Å². The van der Waals surface area contributed by atoms with E-state index >= 15 is 0 Å². The van der Waals surface area contributed by atoms with Gasteiger partial charge in [-0.25, -0.2) is 0 Å². The molecular weight excluding hydrogens is 135 g/mol. The summed E-state index contributed by atoms with van der Waals surface area (Å²) in [7, 11) is -1.81. The lowest BCUT2D eigenvalue weighted by molar-refractivity contribution is 0.495. The molecule has 0 aromatic heterocycles. The lowest BCUT2D eigenvalue weighted by atomic mass is 10.2. The van der Waals surface area contributed by atoms with Crippen LogP contribution in [0, 0.1) is 0 Å². The molecule has 2 N–H and O–H groups in total. The maximum absolute atomic E-state index is 8.53. The molecule has 0 radical (unpaired) electrons. The molecular formula is C6H13O2P. The Morgan fingerprint density at radius 2 is 1.78 bits per heavy atom. The van der Waals surface area contributed by atoms with Crippen LogP contribution in [0.1, 0.15) is 26.7 Å². The zero-order chi connectivity index (χ0) is 7.28. The van der Waals surface area contributed by atoms with E-state index in [1.54, 1.807) is 0 Å². The van der Waals surface area contributed by atoms with Crippen molar-refractivity contribution in [1.82, 2.24) is 0 Å². The van der Waals surface area contributed by atoms with Crippen molar-refractivity contribution in [2.75, 3.05) is 0 Å². The molecule has 0 aliphatic heterocycles. The van der Waals surface area contributed by atoms with Gasteiger partial charge in [-0.1, -0.05) is 19.4 Å². The molecule has 0 aliphatic carbocycles. The molecule has 0 saturated heterocycles. The molecule has 3 heteroatoms. The Kier molecular flexibility index (Phi) is 4.97. The highest BCUT2D eigenvalue weighted by Gasteiger charge is 1.94. The quantitative estimate of drug-likeness (QED) is 0.601. The van der Waals surface area contributed by atoms with Gasteiger partial charge in [-0.2, -0.15) is 0 Å². The topological polar surface area (TPSA) is 40.5 Å². The van der Waals surface area contributed by atoms with Crippen LogP contribution < -0.4 is 0 Å². The van der Waals surface area contributed by atoms with Crippen LogP contribution in [-0.4, -0.2) is 9.79 Å². The number of allylic oxidation sites excluding steroid dienone is 1. The summed E-state index contributed by atoms with van der Waals surface area (Å²) in [6.45, 7) is 4.02. The first-order chi connectivity index (χ1) is 4.20. The van der Waals surface area contributed by atoms with Crippen LogP contribution in [0.5, 0.6) is 0 Å². The van der Waals surface area contributed by atoms with Gasteiger partial charge in [0.15, 0.2) is 8.38 Å². The number of rotatable bonds is 3. The minimum Gasteiger partial charge on any atom is -0.347 e. The maximum atomic E-state index is 8.53. The van der Waals surface area contributed by atoms with Crippen molar-refractivity contribution in [3.8, 4) is 0 Å². The third-order valence-electron chi connectivity index (χ3n) is 1.21. The predicted molar refractivity (Wildman–Crippen MR) is 40.0 cm³/mol. The average molecular weight is 148 g/mol. The van der Waals surface area contributed by atoms with Crippen molar-refractivity contribution in [2.45, 2.75) is 26.7 Å². The van der Waals surface area contributed by atoms with Gasteiger partial charge in [0.25, 0.3) is 0 Å². The normalized spacial score (nSPS) is 9.89. The molecule has 0 bridgehead atoms. The Balaban J connectivity index is 3.75. The van der Waals surface area contributed by atoms with Gasteiger partial charge in [0.2, 0.25) is 0 Å². The van der Waals surface area contributed by atoms with E-state index in [0.29, 0.717) is 0 Å². The first-order valence-electron chi connectivity index (χ1n) is 3.07. The van der Waals surface area contributed by atoms with Crippen LogP contribution in [0.2, 0.25) is 0 Å². The molecule has 0 spiro atoms. The largest absolute Gasteiger partial charge is 0.347 e. The summed E-state index contributed by atoms with van der Waals surface area (Å²) in [6, 6.07) is 0. The predicted octanol–water partition coefficient (Wildman–Crippen LogP) is 1.99. The molecule has 0 rings (SSSR count). The van der Waals surface area contributed by atoms with Gasteiger partial charge in [0, 0.05) is 0 Å². The molecule has 0 saturated carbocycles. The number of hydrogen-bond acceptors (Lipinski definition) is 2. The Hall–Kier alpha value is 0.0900. The van der Waals surface area contributed by atoms with Gasteiger partial charge in [0.1, 0.15) is 0 Å². The molecule has 0 aliphatic rings. The Labute approximate surface area is 57.1 Å². The third-order valence-corrected chi connectivity index (χ3v) is 1.80. The van der Waals surface area contributed by atoms with Crippen LogP contribution >= 0.6 is 8.38 Å². The second-order valence-electron chi connectivity index (χ2n) is 1.81. The van der Waals surface area contributed by atoms with Gasteiger partial charge >= 0.3 is 0 Å². The highest BCUT2D eigenvalue weighted by Crippen LogP contribution is 2.28. The Morgan fingerprint density at radius 1 is 1.33 bits per heavy atom. The molecule has 0 unspecified atom stereocenters. The molecule has 0 amide bonds. The van der Waals surface area contributed by atoms with E-state index in [-0.39, 0.29) is 0 Å². The van der Waals surface area contributed by atoms with E-state index in [1.165, 1.54) is 5.82 Å². The second kappa shape index (κ2) is 4.92. The van der Waals surface area contributed by atoms with Gasteiger partial charge in [-0.3, -0.25) is 0 Å². The lowest BCUT2D eigenvalue weighted by Crippen LogP contribution is -1.75. The van der Waals surface area contributed by atoms with E-state index in [0.717, 1.165) is 18.4 Å². The SMILES string of the molecule is CCC(=CP(O)O)CC. The first-order valence-corrected chi connectivity index (χ1v) is 4.38. The summed E-state index contributed by atoms with van der Waals surface area (Å²) in [4.78, 5) is 17.1. The minimum atomic E-state index is -1.81. The van der Waals surface area contributed by atoms with Crippen molar-refractivity contribution < 1.29 is 9.79 Å². The summed E-state index contributed by atoms with van der Waals surface area (Å²) in [5.41, 5.74) is 1.12. The van der Waals surface area contributed by atoms with Crippen molar-refractivity contribution in [3.63, 3.8) is 0 Å². The van der Waals surface area contributed by atoms with Crippen molar-refractivity contribution >= 4 is 8.38 Å². The van der Waals surface area contributed by atoms with E-state index in [1.807, 2.05) is 13.8 Å². The highest BCUT2D eigenvalue weighted by atomic mass is 31.2. The molecule has 0 fully saturated rings. The molecule has 54 valence electrons. The summed E-state index contributed by atoms with van der Waals surface area (Å²) >= 11 is 0. The summed E-state index contributed by atoms with van der Waals surface area (Å²) < 4.78 is 0. The molecule has 0 aromatic carbocycles. The van der Waals surface area contributed by atoms with Crippen LogP contribution in [-0.2, 0) is 0 Å². The van der Waals surface area contributed by atoms with E-state index < -0.39 is 8.38 Å². The van der Waals surface area contributed by atoms with Gasteiger partial charge in [-0.15, -0.1) is 0 Å². The molecule has 2 nitrogen and oxygen atoms in total. The average Bonchev–Trinajstić information content (AvgIpc) is 1.82. The van der Waals surface area contributed by atoms with Crippen LogP contribution in [0.25, 0.3) is 0 Å². The van der Waals surface area contributed by atoms with Crippen LogP contribution in [0.4, 0.5) is 0 Å². The third kappa shape index (κ3) is 4.58. The monoisotopic (exact) mass is 148 g/mol. The van der Waals surface area contributed by atoms with E-state index in [9.17, 15) is 0 Å². The molecule has 9 heavy (non-hydrogen) atoms. The molecule has 0 aromatic rings. The standard InChI is InChI=1S/C6H13O2P/c1-3-6(4-2)5-9(7)8/h5,7-8H,3-4H2,1-2H3. The fourth-order valence-electron chi connectivity index (χ4n) is 0.596. The smallest absolute Gasteiger partial charge is 0.191 e. The molecule has 0 atom stereocenters. The van der Waals surface area contributed by atoms with Gasteiger partial charge in [0.05, 0.1) is 0 Å². The summed E-state index contributed by atoms with van der Waals surface area (Å²) in [5, 5.41) is 0. The van der Waals surface area contributed by atoms with Crippen LogP contribution in [0.15, 0.2) is 11.4 Å². The zero-order valence-electron chi connectivity index (χ0n) is 5.83.